The molecule has 0 radical (unpaired) electrons. The van der Waals surface area contributed by atoms with Gasteiger partial charge in [0.25, 0.3) is 0 Å². The number of aromatic nitrogens is 1. The van der Waals surface area contributed by atoms with Crippen LogP contribution in [0.2, 0.25) is 0 Å². The molecule has 0 saturated carbocycles. The van der Waals surface area contributed by atoms with E-state index in [1.807, 2.05) is 60.4 Å². The Kier molecular flexibility index (Phi) is 7.19. The van der Waals surface area contributed by atoms with Crippen molar-refractivity contribution in [1.82, 2.24) is 20.1 Å². The summed E-state index contributed by atoms with van der Waals surface area (Å²) >= 11 is 0. The fourth-order valence-corrected chi connectivity index (χ4v) is 3.14. The van der Waals surface area contributed by atoms with E-state index in [9.17, 15) is 4.79 Å². The van der Waals surface area contributed by atoms with E-state index in [1.165, 1.54) is 0 Å². The molecule has 0 aliphatic carbocycles. The van der Waals surface area contributed by atoms with Gasteiger partial charge in [-0.05, 0) is 24.6 Å². The van der Waals surface area contributed by atoms with Crippen LogP contribution in [0.25, 0.3) is 0 Å². The number of benzene rings is 1. The van der Waals surface area contributed by atoms with E-state index in [4.69, 9.17) is 4.74 Å². The van der Waals surface area contributed by atoms with Crippen LogP contribution in [-0.4, -0.2) is 60.2 Å². The molecule has 144 valence electrons. The molecule has 3 rings (SSSR count). The third-order valence-electron chi connectivity index (χ3n) is 4.61. The molecule has 1 aromatic carbocycles. The zero-order chi connectivity index (χ0) is 18.9. The molecule has 2 aromatic rings. The van der Waals surface area contributed by atoms with Gasteiger partial charge in [-0.15, -0.1) is 0 Å². The molecule has 6 heteroatoms. The van der Waals surface area contributed by atoms with Gasteiger partial charge >= 0.3 is 6.03 Å². The molecular formula is C21H28N4O2. The van der Waals surface area contributed by atoms with Crippen LogP contribution in [0.3, 0.4) is 0 Å². The molecule has 1 aromatic heterocycles. The maximum Gasteiger partial charge on any atom is 0.318 e. The molecule has 0 bridgehead atoms. The molecule has 1 aliphatic rings. The minimum Gasteiger partial charge on any atom is -0.379 e. The van der Waals surface area contributed by atoms with Crippen LogP contribution in [0.5, 0.6) is 0 Å². The highest BCUT2D eigenvalue weighted by atomic mass is 16.5. The first-order valence-corrected chi connectivity index (χ1v) is 9.50. The van der Waals surface area contributed by atoms with Crippen LogP contribution in [0.4, 0.5) is 4.79 Å². The zero-order valence-electron chi connectivity index (χ0n) is 15.9. The van der Waals surface area contributed by atoms with E-state index in [-0.39, 0.29) is 6.03 Å². The largest absolute Gasteiger partial charge is 0.379 e. The number of urea groups is 1. The molecule has 1 saturated heterocycles. The van der Waals surface area contributed by atoms with Gasteiger partial charge in [-0.1, -0.05) is 36.4 Å². The highest BCUT2D eigenvalue weighted by molar-refractivity contribution is 5.74. The van der Waals surface area contributed by atoms with Crippen molar-refractivity contribution in [3.8, 4) is 0 Å². The van der Waals surface area contributed by atoms with Crippen molar-refractivity contribution in [3.05, 3.63) is 65.5 Å². The Balaban J connectivity index is 1.59. The van der Waals surface area contributed by atoms with Crippen LogP contribution in [0, 0.1) is 6.92 Å². The highest BCUT2D eigenvalue weighted by Crippen LogP contribution is 2.10. The Bertz CT molecular complexity index is 717. The second-order valence-corrected chi connectivity index (χ2v) is 6.80. The van der Waals surface area contributed by atoms with E-state index in [2.05, 4.69) is 15.2 Å². The number of carbonyl (C=O) groups is 1. The van der Waals surface area contributed by atoms with Crippen LogP contribution in [-0.2, 0) is 17.8 Å². The lowest BCUT2D eigenvalue weighted by Crippen LogP contribution is -2.44. The summed E-state index contributed by atoms with van der Waals surface area (Å²) in [4.78, 5) is 21.5. The zero-order valence-corrected chi connectivity index (χ0v) is 15.9. The topological polar surface area (TPSA) is 57.7 Å². The van der Waals surface area contributed by atoms with E-state index in [1.54, 1.807) is 0 Å². The van der Waals surface area contributed by atoms with Crippen molar-refractivity contribution in [1.29, 1.82) is 0 Å². The third kappa shape index (κ3) is 6.34. The van der Waals surface area contributed by atoms with Gasteiger partial charge in [0.05, 0.1) is 25.5 Å². The number of hydrogen-bond acceptors (Lipinski definition) is 4. The number of amides is 2. The number of morpholine rings is 1. The van der Waals surface area contributed by atoms with Crippen molar-refractivity contribution < 1.29 is 9.53 Å². The Morgan fingerprint density at radius 1 is 1.11 bits per heavy atom. The normalized spacial score (nSPS) is 14.7. The second-order valence-electron chi connectivity index (χ2n) is 6.80. The Morgan fingerprint density at radius 3 is 2.63 bits per heavy atom. The summed E-state index contributed by atoms with van der Waals surface area (Å²) in [6, 6.07) is 15.9. The van der Waals surface area contributed by atoms with Gasteiger partial charge in [0.1, 0.15) is 0 Å². The third-order valence-corrected chi connectivity index (χ3v) is 4.61. The molecule has 1 N–H and O–H groups in total. The van der Waals surface area contributed by atoms with Crippen LogP contribution in [0.1, 0.15) is 17.0 Å². The Labute approximate surface area is 161 Å². The average molecular weight is 368 g/mol. The number of aryl methyl sites for hydroxylation is 1. The number of hydrogen-bond donors (Lipinski definition) is 1. The van der Waals surface area contributed by atoms with Gasteiger partial charge in [0, 0.05) is 38.4 Å². The van der Waals surface area contributed by atoms with Crippen molar-refractivity contribution in [2.24, 2.45) is 0 Å². The Hall–Kier alpha value is -2.44. The molecule has 0 spiro atoms. The maximum absolute atomic E-state index is 12.8. The fraction of sp³-hybridized carbons (Fsp3) is 0.429. The lowest BCUT2D eigenvalue weighted by molar-refractivity contribution is 0.0385. The summed E-state index contributed by atoms with van der Waals surface area (Å²) in [5, 5.41) is 3.06. The van der Waals surface area contributed by atoms with Crippen LogP contribution >= 0.6 is 0 Å². The summed E-state index contributed by atoms with van der Waals surface area (Å²) < 4.78 is 5.36. The van der Waals surface area contributed by atoms with E-state index >= 15 is 0 Å². The van der Waals surface area contributed by atoms with Crippen molar-refractivity contribution >= 4 is 6.03 Å². The fourth-order valence-electron chi connectivity index (χ4n) is 3.14. The standard InChI is InChI=1S/C21H28N4O2/c1-18-6-5-9-20(23-18)17-25(16-19-7-3-2-4-8-19)21(26)22-10-11-24-12-14-27-15-13-24/h2-9H,10-17H2,1H3,(H,22,26). The van der Waals surface area contributed by atoms with Crippen molar-refractivity contribution in [3.63, 3.8) is 0 Å². The number of nitrogens with zero attached hydrogens (tertiary/aromatic N) is 3. The van der Waals surface area contributed by atoms with Crippen LogP contribution < -0.4 is 5.32 Å². The lowest BCUT2D eigenvalue weighted by Gasteiger charge is -2.27. The predicted molar refractivity (Wildman–Crippen MR) is 105 cm³/mol. The predicted octanol–water partition coefficient (Wildman–Crippen LogP) is 2.43. The first-order valence-electron chi connectivity index (χ1n) is 9.50. The number of nitrogens with one attached hydrogen (secondary N) is 1. The van der Waals surface area contributed by atoms with Gasteiger partial charge < -0.3 is 15.0 Å². The van der Waals surface area contributed by atoms with Crippen LogP contribution in [0.15, 0.2) is 48.5 Å². The van der Waals surface area contributed by atoms with E-state index in [0.29, 0.717) is 19.6 Å². The SMILES string of the molecule is Cc1cccc(CN(Cc2ccccc2)C(=O)NCCN2CCOCC2)n1. The summed E-state index contributed by atoms with van der Waals surface area (Å²) in [5.74, 6) is 0. The number of pyridine rings is 1. The highest BCUT2D eigenvalue weighted by Gasteiger charge is 2.16. The summed E-state index contributed by atoms with van der Waals surface area (Å²) in [5.41, 5.74) is 2.96. The van der Waals surface area contributed by atoms with Crippen molar-refractivity contribution in [2.75, 3.05) is 39.4 Å². The van der Waals surface area contributed by atoms with Crippen molar-refractivity contribution in [2.45, 2.75) is 20.0 Å². The second kappa shape index (κ2) is 10.0. The molecule has 0 unspecified atom stereocenters. The Morgan fingerprint density at radius 2 is 1.89 bits per heavy atom. The first-order chi connectivity index (χ1) is 13.2. The van der Waals surface area contributed by atoms with E-state index in [0.717, 1.165) is 49.8 Å². The number of rotatable bonds is 7. The van der Waals surface area contributed by atoms with Gasteiger partial charge in [-0.25, -0.2) is 4.79 Å². The minimum absolute atomic E-state index is 0.0598. The summed E-state index contributed by atoms with van der Waals surface area (Å²) in [7, 11) is 0. The molecule has 27 heavy (non-hydrogen) atoms. The van der Waals surface area contributed by atoms with Gasteiger partial charge in [-0.3, -0.25) is 9.88 Å². The first kappa shape index (κ1) is 19.3. The van der Waals surface area contributed by atoms with Gasteiger partial charge in [0.15, 0.2) is 0 Å². The summed E-state index contributed by atoms with van der Waals surface area (Å²) in [6.45, 7) is 7.88. The molecular weight excluding hydrogens is 340 g/mol. The quantitative estimate of drug-likeness (QED) is 0.816. The molecule has 1 fully saturated rings. The number of ether oxygens (including phenoxy) is 1. The van der Waals surface area contributed by atoms with Gasteiger partial charge in [-0.2, -0.15) is 0 Å². The maximum atomic E-state index is 12.8. The lowest BCUT2D eigenvalue weighted by atomic mass is 10.2. The molecule has 0 atom stereocenters. The average Bonchev–Trinajstić information content (AvgIpc) is 2.69. The molecule has 6 nitrogen and oxygen atoms in total. The number of carbonyl (C=O) groups excluding carboxylic acids is 1. The minimum atomic E-state index is -0.0598. The smallest absolute Gasteiger partial charge is 0.318 e. The summed E-state index contributed by atoms with van der Waals surface area (Å²) in [6.07, 6.45) is 0. The molecule has 2 amide bonds. The monoisotopic (exact) mass is 368 g/mol. The van der Waals surface area contributed by atoms with Gasteiger partial charge in [0.2, 0.25) is 0 Å². The molecule has 2 heterocycles. The van der Waals surface area contributed by atoms with E-state index < -0.39 is 0 Å². The molecule has 1 aliphatic heterocycles.